The van der Waals surface area contributed by atoms with Crippen LogP contribution >= 0.6 is 12.4 Å². The van der Waals surface area contributed by atoms with E-state index in [1.54, 1.807) is 0 Å². The zero-order chi connectivity index (χ0) is 12.8. The van der Waals surface area contributed by atoms with Gasteiger partial charge >= 0.3 is 0 Å². The zero-order valence-corrected chi connectivity index (χ0v) is 13.0. The quantitative estimate of drug-likeness (QED) is 0.844. The number of nitrogens with zero attached hydrogens (tertiary/aromatic N) is 1. The first kappa shape index (κ1) is 16.8. The van der Waals surface area contributed by atoms with Crippen LogP contribution in [0, 0.1) is 11.8 Å². The van der Waals surface area contributed by atoms with Crippen molar-refractivity contribution < 1.29 is 4.79 Å². The highest BCUT2D eigenvalue weighted by atomic mass is 35.5. The van der Waals surface area contributed by atoms with E-state index in [1.165, 1.54) is 38.5 Å². The Morgan fingerprint density at radius 3 is 2.53 bits per heavy atom. The minimum atomic E-state index is 0. The number of carbonyl (C=O) groups is 1. The molecule has 112 valence electrons. The summed E-state index contributed by atoms with van der Waals surface area (Å²) in [5.74, 6) is 1.85. The lowest BCUT2D eigenvalue weighted by molar-refractivity contribution is -0.130. The van der Waals surface area contributed by atoms with Crippen molar-refractivity contribution in [2.24, 2.45) is 11.8 Å². The summed E-state index contributed by atoms with van der Waals surface area (Å²) in [6.07, 6.45) is 9.83. The molecule has 19 heavy (non-hydrogen) atoms. The molecule has 1 saturated carbocycles. The van der Waals surface area contributed by atoms with E-state index in [1.807, 2.05) is 11.9 Å². The van der Waals surface area contributed by atoms with Crippen LogP contribution in [0.25, 0.3) is 0 Å². The minimum absolute atomic E-state index is 0. The topological polar surface area (TPSA) is 32.3 Å². The molecular weight excluding hydrogens is 260 g/mol. The lowest BCUT2D eigenvalue weighted by Gasteiger charge is -2.27. The predicted octanol–water partition coefficient (Wildman–Crippen LogP) is 2.84. The van der Waals surface area contributed by atoms with Gasteiger partial charge in [0.1, 0.15) is 0 Å². The summed E-state index contributed by atoms with van der Waals surface area (Å²) < 4.78 is 0. The van der Waals surface area contributed by atoms with Gasteiger partial charge in [-0.3, -0.25) is 4.79 Å². The molecule has 0 aromatic rings. The van der Waals surface area contributed by atoms with Crippen LogP contribution in [0.1, 0.15) is 51.4 Å². The summed E-state index contributed by atoms with van der Waals surface area (Å²) in [5, 5.41) is 3.37. The minimum Gasteiger partial charge on any atom is -0.345 e. The van der Waals surface area contributed by atoms with Crippen LogP contribution in [-0.4, -0.2) is 37.5 Å². The number of carbonyl (C=O) groups excluding carboxylic acids is 1. The summed E-state index contributed by atoms with van der Waals surface area (Å²) in [4.78, 5) is 14.1. The normalized spacial score (nSPS) is 23.9. The van der Waals surface area contributed by atoms with Crippen molar-refractivity contribution in [1.82, 2.24) is 10.2 Å². The summed E-state index contributed by atoms with van der Waals surface area (Å²) >= 11 is 0. The highest BCUT2D eigenvalue weighted by Gasteiger charge is 2.20. The van der Waals surface area contributed by atoms with Crippen molar-refractivity contribution in [2.45, 2.75) is 51.4 Å². The fraction of sp³-hybridized carbons (Fsp3) is 0.933. The third-order valence-corrected chi connectivity index (χ3v) is 4.61. The molecule has 0 radical (unpaired) electrons. The summed E-state index contributed by atoms with van der Waals surface area (Å²) in [6.45, 7) is 3.23. The summed E-state index contributed by atoms with van der Waals surface area (Å²) in [7, 11) is 1.99. The number of rotatable bonds is 5. The van der Waals surface area contributed by atoms with Crippen LogP contribution in [0.5, 0.6) is 0 Å². The van der Waals surface area contributed by atoms with E-state index in [4.69, 9.17) is 0 Å². The van der Waals surface area contributed by atoms with Gasteiger partial charge in [0.05, 0.1) is 0 Å². The standard InChI is InChI=1S/C15H28N2O.ClH/c1-17(12-14-5-3-2-4-6-14)15(18)8-7-13-9-10-16-11-13;/h13-14,16H,2-12H2,1H3;1H. The molecule has 2 rings (SSSR count). The average Bonchev–Trinajstić information content (AvgIpc) is 2.90. The Bertz CT molecular complexity index is 261. The third kappa shape index (κ3) is 5.70. The van der Waals surface area contributed by atoms with Crippen molar-refractivity contribution in [2.75, 3.05) is 26.7 Å². The van der Waals surface area contributed by atoms with Gasteiger partial charge < -0.3 is 10.2 Å². The van der Waals surface area contributed by atoms with Gasteiger partial charge in [-0.1, -0.05) is 19.3 Å². The lowest BCUT2D eigenvalue weighted by atomic mass is 9.89. The predicted molar refractivity (Wildman–Crippen MR) is 81.7 cm³/mol. The number of amides is 1. The molecule has 0 bridgehead atoms. The van der Waals surface area contributed by atoms with E-state index in [-0.39, 0.29) is 12.4 Å². The van der Waals surface area contributed by atoms with E-state index < -0.39 is 0 Å². The molecule has 2 fully saturated rings. The Hall–Kier alpha value is -0.280. The van der Waals surface area contributed by atoms with Gasteiger partial charge in [0.2, 0.25) is 5.91 Å². The van der Waals surface area contributed by atoms with E-state index in [9.17, 15) is 4.79 Å². The van der Waals surface area contributed by atoms with E-state index in [2.05, 4.69) is 5.32 Å². The van der Waals surface area contributed by atoms with Crippen molar-refractivity contribution in [3.8, 4) is 0 Å². The second-order valence-electron chi connectivity index (χ2n) is 6.18. The first-order chi connectivity index (χ1) is 8.75. The maximum Gasteiger partial charge on any atom is 0.222 e. The molecule has 1 atom stereocenters. The van der Waals surface area contributed by atoms with Gasteiger partial charge in [0, 0.05) is 20.0 Å². The Morgan fingerprint density at radius 1 is 1.16 bits per heavy atom. The Kier molecular flexibility index (Phi) is 7.77. The van der Waals surface area contributed by atoms with Crippen molar-refractivity contribution in [3.63, 3.8) is 0 Å². The van der Waals surface area contributed by atoms with Crippen molar-refractivity contribution in [1.29, 1.82) is 0 Å². The van der Waals surface area contributed by atoms with Gasteiger partial charge in [0.25, 0.3) is 0 Å². The molecule has 4 heteroatoms. The first-order valence-electron chi connectivity index (χ1n) is 7.70. The van der Waals surface area contributed by atoms with E-state index >= 15 is 0 Å². The molecule has 3 nitrogen and oxygen atoms in total. The molecule has 1 aliphatic carbocycles. The zero-order valence-electron chi connectivity index (χ0n) is 12.2. The highest BCUT2D eigenvalue weighted by molar-refractivity contribution is 5.85. The number of halogens is 1. The molecule has 1 unspecified atom stereocenters. The molecule has 1 N–H and O–H groups in total. The fourth-order valence-electron chi connectivity index (χ4n) is 3.34. The van der Waals surface area contributed by atoms with Crippen LogP contribution in [-0.2, 0) is 4.79 Å². The van der Waals surface area contributed by atoms with Crippen LogP contribution in [0.2, 0.25) is 0 Å². The Morgan fingerprint density at radius 2 is 1.89 bits per heavy atom. The maximum absolute atomic E-state index is 12.1. The molecule has 0 aromatic heterocycles. The van der Waals surface area contributed by atoms with Crippen LogP contribution in [0.15, 0.2) is 0 Å². The van der Waals surface area contributed by atoms with E-state index in [0.717, 1.165) is 44.3 Å². The molecule has 0 aromatic carbocycles. The Labute approximate surface area is 123 Å². The van der Waals surface area contributed by atoms with Gasteiger partial charge in [-0.25, -0.2) is 0 Å². The maximum atomic E-state index is 12.1. The van der Waals surface area contributed by atoms with Gasteiger partial charge in [-0.2, -0.15) is 0 Å². The smallest absolute Gasteiger partial charge is 0.222 e. The molecule has 0 spiro atoms. The van der Waals surface area contributed by atoms with Crippen molar-refractivity contribution in [3.05, 3.63) is 0 Å². The van der Waals surface area contributed by atoms with Crippen molar-refractivity contribution >= 4 is 18.3 Å². The summed E-state index contributed by atoms with van der Waals surface area (Å²) in [6, 6.07) is 0. The molecule has 1 amide bonds. The number of hydrogen-bond donors (Lipinski definition) is 1. The van der Waals surface area contributed by atoms with Crippen LogP contribution in [0.4, 0.5) is 0 Å². The summed E-state index contributed by atoms with van der Waals surface area (Å²) in [5.41, 5.74) is 0. The average molecular weight is 289 g/mol. The second kappa shape index (κ2) is 8.80. The molecule has 2 aliphatic rings. The third-order valence-electron chi connectivity index (χ3n) is 4.61. The molecule has 1 saturated heterocycles. The highest BCUT2D eigenvalue weighted by Crippen LogP contribution is 2.24. The SMILES string of the molecule is CN(CC1CCCCC1)C(=O)CCC1CCNC1.Cl. The molecule has 1 heterocycles. The van der Waals surface area contributed by atoms with Crippen LogP contribution < -0.4 is 5.32 Å². The van der Waals surface area contributed by atoms with Gasteiger partial charge in [-0.05, 0) is 50.6 Å². The second-order valence-corrected chi connectivity index (χ2v) is 6.18. The molecule has 1 aliphatic heterocycles. The van der Waals surface area contributed by atoms with Gasteiger partial charge in [0.15, 0.2) is 0 Å². The monoisotopic (exact) mass is 288 g/mol. The number of nitrogens with one attached hydrogen (secondary N) is 1. The molecular formula is C15H29ClN2O. The fourth-order valence-corrected chi connectivity index (χ4v) is 3.34. The number of hydrogen-bond acceptors (Lipinski definition) is 2. The van der Waals surface area contributed by atoms with E-state index in [0.29, 0.717) is 5.91 Å². The van der Waals surface area contributed by atoms with Gasteiger partial charge in [-0.15, -0.1) is 12.4 Å². The first-order valence-corrected chi connectivity index (χ1v) is 7.70. The Balaban J connectivity index is 0.00000180. The lowest BCUT2D eigenvalue weighted by Crippen LogP contribution is -2.32. The van der Waals surface area contributed by atoms with Crippen LogP contribution in [0.3, 0.4) is 0 Å². The largest absolute Gasteiger partial charge is 0.345 e.